The van der Waals surface area contributed by atoms with Crippen LogP contribution in [0.2, 0.25) is 0 Å². The second kappa shape index (κ2) is 15.7. The molecule has 1 unspecified atom stereocenters. The van der Waals surface area contributed by atoms with Crippen molar-refractivity contribution < 1.29 is 51.5 Å². The maximum absolute atomic E-state index is 14.0. The van der Waals surface area contributed by atoms with E-state index >= 15 is 0 Å². The Morgan fingerprint density at radius 1 is 0.857 bits per heavy atom. The molecule has 4 saturated heterocycles. The van der Waals surface area contributed by atoms with E-state index in [1.165, 1.54) is 28.6 Å². The van der Waals surface area contributed by atoms with Crippen LogP contribution in [-0.4, -0.2) is 106 Å². The van der Waals surface area contributed by atoms with Gasteiger partial charge in [-0.15, -0.1) is 0 Å². The highest BCUT2D eigenvalue weighted by molar-refractivity contribution is 7.89. The first-order chi connectivity index (χ1) is 23.6. The van der Waals surface area contributed by atoms with E-state index in [2.05, 4.69) is 10.6 Å². The number of nitrogens with one attached hydrogen (secondary N) is 2. The molecule has 15 heteroatoms. The van der Waals surface area contributed by atoms with Gasteiger partial charge >= 0.3 is 12.2 Å². The normalized spacial score (nSPS) is 27.4. The van der Waals surface area contributed by atoms with Gasteiger partial charge in [0.15, 0.2) is 12.6 Å². The summed E-state index contributed by atoms with van der Waals surface area (Å²) in [5, 5.41) is 17.0. The van der Waals surface area contributed by atoms with E-state index in [-0.39, 0.29) is 68.0 Å². The molecule has 0 aliphatic carbocycles. The number of hydrogen-bond acceptors (Lipinski definition) is 11. The Hall–Kier alpha value is -3.31. The van der Waals surface area contributed by atoms with Crippen molar-refractivity contribution in [1.82, 2.24) is 9.62 Å². The Morgan fingerprint density at radius 2 is 1.45 bits per heavy atom. The highest BCUT2D eigenvalue weighted by Crippen LogP contribution is 2.34. The summed E-state index contributed by atoms with van der Waals surface area (Å²) < 4.78 is 62.5. The number of ether oxygens (including phenoxy) is 6. The zero-order valence-corrected chi connectivity index (χ0v) is 28.5. The molecule has 0 bridgehead atoms. The number of aliphatic hydroxyl groups is 1. The van der Waals surface area contributed by atoms with Gasteiger partial charge in [-0.05, 0) is 55.0 Å². The molecule has 0 aromatic heterocycles. The van der Waals surface area contributed by atoms with Crippen LogP contribution in [0.5, 0.6) is 0 Å². The molecule has 0 saturated carbocycles. The van der Waals surface area contributed by atoms with Crippen LogP contribution in [0.15, 0.2) is 59.5 Å². The lowest BCUT2D eigenvalue weighted by atomic mass is 10.0. The number of benzene rings is 2. The fourth-order valence-corrected chi connectivity index (χ4v) is 8.35. The molecule has 49 heavy (non-hydrogen) atoms. The number of nitrogens with zero attached hydrogens (tertiary/aromatic N) is 1. The van der Waals surface area contributed by atoms with Crippen LogP contribution >= 0.6 is 0 Å². The minimum atomic E-state index is -4.10. The molecule has 0 radical (unpaired) electrons. The van der Waals surface area contributed by atoms with Crippen molar-refractivity contribution in [3.63, 3.8) is 0 Å². The molecule has 2 aromatic rings. The fraction of sp³-hybridized carbons (Fsp3) is 0.588. The van der Waals surface area contributed by atoms with Crippen LogP contribution in [0.4, 0.5) is 15.3 Å². The van der Waals surface area contributed by atoms with Gasteiger partial charge in [0.05, 0.1) is 55.3 Å². The van der Waals surface area contributed by atoms with Gasteiger partial charge in [0, 0.05) is 18.8 Å². The third-order valence-corrected chi connectivity index (χ3v) is 11.1. The zero-order chi connectivity index (χ0) is 34.5. The average molecular weight is 704 g/mol. The molecule has 0 spiro atoms. The van der Waals surface area contributed by atoms with Gasteiger partial charge in [-0.25, -0.2) is 18.0 Å². The molecular weight excluding hydrogens is 658 g/mol. The summed E-state index contributed by atoms with van der Waals surface area (Å²) in [4.78, 5) is 25.7. The molecule has 8 atom stereocenters. The summed E-state index contributed by atoms with van der Waals surface area (Å²) in [6.07, 6.45) is -2.63. The lowest BCUT2D eigenvalue weighted by molar-refractivity contribution is -0.0909. The molecule has 4 heterocycles. The third-order valence-electron chi connectivity index (χ3n) is 9.25. The van der Waals surface area contributed by atoms with E-state index in [0.717, 1.165) is 12.0 Å². The topological polar surface area (TPSA) is 171 Å². The number of hydrogen-bond donors (Lipinski definition) is 3. The van der Waals surface area contributed by atoms with E-state index in [9.17, 15) is 23.1 Å². The van der Waals surface area contributed by atoms with Crippen molar-refractivity contribution in [3.05, 3.63) is 60.2 Å². The van der Waals surface area contributed by atoms with Crippen LogP contribution in [0.25, 0.3) is 0 Å². The number of carbonyl (C=O) groups is 2. The zero-order valence-electron chi connectivity index (χ0n) is 27.6. The van der Waals surface area contributed by atoms with Crippen LogP contribution in [-0.2, 0) is 44.9 Å². The summed E-state index contributed by atoms with van der Waals surface area (Å²) in [6, 6.07) is 14.2. The monoisotopic (exact) mass is 703 g/mol. The quantitative estimate of drug-likeness (QED) is 0.280. The average Bonchev–Trinajstić information content (AvgIpc) is 3.87. The van der Waals surface area contributed by atoms with E-state index in [4.69, 9.17) is 28.4 Å². The number of fused-ring (bicyclic) bond motifs is 2. The standard InChI is InChI=1S/C34H45N3O11S/c1-21(2)17-37(49(41,42)24-10-8-23(9-11-24)35-33(39)47-29-19-45-31-25(29)12-14-43-31)18-28(38)27(16-22-6-4-3-5-7-22)36-34(40)48-30-20-46-32-26(30)13-15-44-32/h3-11,21,25-32,38H,12-20H2,1-2H3,(H,35,39)(H,36,40)/t25-,26?,27-,28+,29-,30+,31+,32-/m1/s1. The van der Waals surface area contributed by atoms with Crippen LogP contribution < -0.4 is 10.6 Å². The number of aliphatic hydroxyl groups excluding tert-OH is 1. The van der Waals surface area contributed by atoms with E-state index in [0.29, 0.717) is 25.3 Å². The fourth-order valence-electron chi connectivity index (χ4n) is 6.73. The third kappa shape index (κ3) is 8.71. The molecule has 2 aromatic carbocycles. The molecule has 2 amide bonds. The second-order valence-corrected chi connectivity index (χ2v) is 15.2. The number of alkyl carbamates (subject to hydrolysis) is 1. The van der Waals surface area contributed by atoms with Gasteiger partial charge in [0.2, 0.25) is 10.0 Å². The maximum atomic E-state index is 14.0. The molecule has 14 nitrogen and oxygen atoms in total. The Kier molecular flexibility index (Phi) is 11.4. The Labute approximate surface area is 286 Å². The lowest BCUT2D eigenvalue weighted by Crippen LogP contribution is -2.51. The minimum Gasteiger partial charge on any atom is -0.443 e. The van der Waals surface area contributed by atoms with Gasteiger partial charge in [0.25, 0.3) is 0 Å². The molecule has 6 rings (SSSR count). The van der Waals surface area contributed by atoms with Crippen LogP contribution in [0.1, 0.15) is 32.3 Å². The maximum Gasteiger partial charge on any atom is 0.411 e. The molecule has 4 aliphatic rings. The van der Waals surface area contributed by atoms with Gasteiger partial charge in [-0.3, -0.25) is 5.32 Å². The predicted octanol–water partition coefficient (Wildman–Crippen LogP) is 3.10. The van der Waals surface area contributed by atoms with Crippen LogP contribution in [0, 0.1) is 17.8 Å². The van der Waals surface area contributed by atoms with Crippen molar-refractivity contribution in [1.29, 1.82) is 0 Å². The van der Waals surface area contributed by atoms with Gasteiger partial charge in [-0.1, -0.05) is 44.2 Å². The predicted molar refractivity (Wildman–Crippen MR) is 175 cm³/mol. The molecule has 4 fully saturated rings. The smallest absolute Gasteiger partial charge is 0.411 e. The van der Waals surface area contributed by atoms with Crippen molar-refractivity contribution in [3.8, 4) is 0 Å². The lowest BCUT2D eigenvalue weighted by Gasteiger charge is -2.31. The molecule has 4 aliphatic heterocycles. The SMILES string of the molecule is CC(C)CN(C[C@H](O)[C@@H](Cc1ccccc1)NC(=O)O[C@H]1CO[C@H]2OCCC21)S(=O)(=O)c1ccc(NC(=O)O[C@@H]2CO[C@@H]3OCC[C@@H]32)cc1. The van der Waals surface area contributed by atoms with E-state index < -0.39 is 46.6 Å². The summed E-state index contributed by atoms with van der Waals surface area (Å²) in [6.45, 7) is 5.15. The first-order valence-electron chi connectivity index (χ1n) is 16.8. The molecular formula is C34H45N3O11S. The van der Waals surface area contributed by atoms with Crippen molar-refractivity contribution >= 4 is 27.9 Å². The van der Waals surface area contributed by atoms with Gasteiger partial charge < -0.3 is 38.8 Å². The Morgan fingerprint density at radius 3 is 2.04 bits per heavy atom. The van der Waals surface area contributed by atoms with Crippen molar-refractivity contribution in [2.75, 3.05) is 44.8 Å². The summed E-state index contributed by atoms with van der Waals surface area (Å²) in [7, 11) is -4.10. The Balaban J connectivity index is 1.11. The number of amides is 2. The summed E-state index contributed by atoms with van der Waals surface area (Å²) >= 11 is 0. The number of anilines is 1. The number of sulfonamides is 1. The highest BCUT2D eigenvalue weighted by atomic mass is 32.2. The number of carbonyl (C=O) groups excluding carboxylic acids is 2. The summed E-state index contributed by atoms with van der Waals surface area (Å²) in [5.74, 6) is -0.138. The molecule has 3 N–H and O–H groups in total. The minimum absolute atomic E-state index is 0.00891. The first kappa shape index (κ1) is 35.5. The van der Waals surface area contributed by atoms with Crippen molar-refractivity contribution in [2.45, 2.75) is 74.9 Å². The van der Waals surface area contributed by atoms with Crippen LogP contribution in [0.3, 0.4) is 0 Å². The number of rotatable bonds is 13. The Bertz CT molecular complexity index is 1530. The van der Waals surface area contributed by atoms with E-state index in [1.807, 2.05) is 44.2 Å². The van der Waals surface area contributed by atoms with Gasteiger partial charge in [0.1, 0.15) is 12.2 Å². The first-order valence-corrected chi connectivity index (χ1v) is 18.2. The van der Waals surface area contributed by atoms with Gasteiger partial charge in [-0.2, -0.15) is 4.31 Å². The molecule has 268 valence electrons. The largest absolute Gasteiger partial charge is 0.443 e. The second-order valence-electron chi connectivity index (χ2n) is 13.3. The summed E-state index contributed by atoms with van der Waals surface area (Å²) in [5.41, 5.74) is 1.20. The highest BCUT2D eigenvalue weighted by Gasteiger charge is 2.45. The van der Waals surface area contributed by atoms with Crippen molar-refractivity contribution in [2.24, 2.45) is 17.8 Å². The van der Waals surface area contributed by atoms with E-state index in [1.54, 1.807) is 0 Å².